The Hall–Kier alpha value is -2.47. The predicted octanol–water partition coefficient (Wildman–Crippen LogP) is 3.24. The van der Waals surface area contributed by atoms with Gasteiger partial charge in [-0.1, -0.05) is 43.2 Å². The van der Waals surface area contributed by atoms with Gasteiger partial charge in [-0.25, -0.2) is 4.79 Å². The van der Waals surface area contributed by atoms with Gasteiger partial charge in [0.15, 0.2) is 0 Å². The Labute approximate surface area is 161 Å². The van der Waals surface area contributed by atoms with Crippen molar-refractivity contribution in [1.82, 2.24) is 25.1 Å². The van der Waals surface area contributed by atoms with Crippen molar-refractivity contribution in [3.63, 3.8) is 0 Å². The fourth-order valence-electron chi connectivity index (χ4n) is 3.59. The minimum Gasteiger partial charge on any atom is -0.336 e. The van der Waals surface area contributed by atoms with Gasteiger partial charge in [0.25, 0.3) is 0 Å². The van der Waals surface area contributed by atoms with E-state index in [2.05, 4.69) is 44.5 Å². The quantitative estimate of drug-likeness (QED) is 0.851. The molecule has 144 valence electrons. The molecule has 1 atom stereocenters. The molecule has 6 nitrogen and oxygen atoms in total. The van der Waals surface area contributed by atoms with Crippen molar-refractivity contribution >= 4 is 6.03 Å². The average Bonchev–Trinajstić information content (AvgIpc) is 2.99. The standard InChI is InChI=1S/C21H29N5O/c1-25(17-19-15-22-11-12-23-19)21(27)24-16-20(18-9-5-4-6-10-18)26-13-7-2-3-8-14-26/h4-6,9-12,15,20H,2-3,7-8,13-14,16-17H2,1H3,(H,24,27)/t20-/m0/s1. The molecule has 1 aromatic heterocycles. The number of benzene rings is 1. The van der Waals surface area contributed by atoms with Gasteiger partial charge in [0.1, 0.15) is 0 Å². The topological polar surface area (TPSA) is 61.4 Å². The van der Waals surface area contributed by atoms with Gasteiger partial charge in [0.05, 0.1) is 24.5 Å². The molecule has 1 aliphatic rings. The highest BCUT2D eigenvalue weighted by Gasteiger charge is 2.22. The van der Waals surface area contributed by atoms with Gasteiger partial charge < -0.3 is 10.2 Å². The van der Waals surface area contributed by atoms with Crippen molar-refractivity contribution in [3.8, 4) is 0 Å². The number of nitrogens with one attached hydrogen (secondary N) is 1. The van der Waals surface area contributed by atoms with Crippen molar-refractivity contribution in [3.05, 3.63) is 60.2 Å². The summed E-state index contributed by atoms with van der Waals surface area (Å²) in [6.45, 7) is 3.22. The molecule has 0 bridgehead atoms. The van der Waals surface area contributed by atoms with E-state index in [0.717, 1.165) is 18.8 Å². The lowest BCUT2D eigenvalue weighted by atomic mass is 10.0. The zero-order valence-corrected chi connectivity index (χ0v) is 16.1. The first-order chi connectivity index (χ1) is 13.2. The maximum atomic E-state index is 12.6. The first-order valence-corrected chi connectivity index (χ1v) is 9.77. The van der Waals surface area contributed by atoms with Gasteiger partial charge in [0.2, 0.25) is 0 Å². The lowest BCUT2D eigenvalue weighted by Crippen LogP contribution is -2.43. The minimum absolute atomic E-state index is 0.0867. The molecule has 1 fully saturated rings. The molecule has 2 aromatic rings. The summed E-state index contributed by atoms with van der Waals surface area (Å²) in [6.07, 6.45) is 10.0. The first-order valence-electron chi connectivity index (χ1n) is 9.77. The number of rotatable bonds is 6. The number of hydrogen-bond donors (Lipinski definition) is 1. The molecule has 2 heterocycles. The zero-order valence-electron chi connectivity index (χ0n) is 16.1. The smallest absolute Gasteiger partial charge is 0.317 e. The lowest BCUT2D eigenvalue weighted by Gasteiger charge is -2.32. The van der Waals surface area contributed by atoms with Gasteiger partial charge in [-0.05, 0) is 31.5 Å². The van der Waals surface area contributed by atoms with Crippen molar-refractivity contribution < 1.29 is 4.79 Å². The van der Waals surface area contributed by atoms with Crippen LogP contribution in [0.15, 0.2) is 48.9 Å². The summed E-state index contributed by atoms with van der Waals surface area (Å²) in [7, 11) is 1.79. The molecule has 0 spiro atoms. The molecular weight excluding hydrogens is 338 g/mol. The number of aromatic nitrogens is 2. The third kappa shape index (κ3) is 5.76. The molecule has 1 saturated heterocycles. The van der Waals surface area contributed by atoms with Gasteiger partial charge in [-0.3, -0.25) is 14.9 Å². The minimum atomic E-state index is -0.0867. The highest BCUT2D eigenvalue weighted by molar-refractivity contribution is 5.73. The van der Waals surface area contributed by atoms with Crippen LogP contribution in [-0.2, 0) is 6.54 Å². The van der Waals surface area contributed by atoms with Gasteiger partial charge in [-0.2, -0.15) is 0 Å². The van der Waals surface area contributed by atoms with Crippen LogP contribution in [0.1, 0.15) is 43.0 Å². The number of hydrogen-bond acceptors (Lipinski definition) is 4. The van der Waals surface area contributed by atoms with E-state index < -0.39 is 0 Å². The Balaban J connectivity index is 1.62. The Kier molecular flexibility index (Phi) is 7.16. The zero-order chi connectivity index (χ0) is 18.9. The van der Waals surface area contributed by atoms with Gasteiger partial charge in [-0.15, -0.1) is 0 Å². The van der Waals surface area contributed by atoms with Crippen LogP contribution in [0, 0.1) is 0 Å². The molecule has 6 heteroatoms. The summed E-state index contributed by atoms with van der Waals surface area (Å²) in [5.41, 5.74) is 2.04. The fraction of sp³-hybridized carbons (Fsp3) is 0.476. The van der Waals surface area contributed by atoms with Crippen LogP contribution in [0.4, 0.5) is 4.79 Å². The molecule has 1 N–H and O–H groups in total. The van der Waals surface area contributed by atoms with Crippen LogP contribution in [0.3, 0.4) is 0 Å². The maximum absolute atomic E-state index is 12.6. The van der Waals surface area contributed by atoms with E-state index in [4.69, 9.17) is 0 Å². The second-order valence-electron chi connectivity index (χ2n) is 7.12. The van der Waals surface area contributed by atoms with Crippen molar-refractivity contribution in [2.24, 2.45) is 0 Å². The van der Waals surface area contributed by atoms with Crippen LogP contribution in [0.2, 0.25) is 0 Å². The molecule has 3 rings (SSSR count). The van der Waals surface area contributed by atoms with E-state index in [0.29, 0.717) is 13.1 Å². The Morgan fingerprint density at radius 1 is 1.15 bits per heavy atom. The normalized spacial score (nSPS) is 16.3. The van der Waals surface area contributed by atoms with E-state index in [1.165, 1.54) is 31.2 Å². The SMILES string of the molecule is CN(Cc1cnccn1)C(=O)NC[C@@H](c1ccccc1)N1CCCCCC1. The molecular formula is C21H29N5O. The largest absolute Gasteiger partial charge is 0.336 e. The maximum Gasteiger partial charge on any atom is 0.317 e. The molecule has 0 saturated carbocycles. The van der Waals surface area contributed by atoms with E-state index in [9.17, 15) is 4.79 Å². The number of amides is 2. The molecule has 1 aromatic carbocycles. The predicted molar refractivity (Wildman–Crippen MR) is 106 cm³/mol. The summed E-state index contributed by atoms with van der Waals surface area (Å²) in [5.74, 6) is 0. The van der Waals surface area contributed by atoms with E-state index in [1.54, 1.807) is 30.5 Å². The summed E-state index contributed by atoms with van der Waals surface area (Å²) in [6, 6.07) is 10.6. The number of carbonyl (C=O) groups excluding carboxylic acids is 1. The average molecular weight is 367 g/mol. The summed E-state index contributed by atoms with van der Waals surface area (Å²) in [4.78, 5) is 25.0. The van der Waals surface area contributed by atoms with Crippen molar-refractivity contribution in [2.45, 2.75) is 38.3 Å². The molecule has 0 aliphatic carbocycles. The summed E-state index contributed by atoms with van der Waals surface area (Å²) >= 11 is 0. The lowest BCUT2D eigenvalue weighted by molar-refractivity contribution is 0.183. The van der Waals surface area contributed by atoms with E-state index in [1.807, 2.05) is 6.07 Å². The van der Waals surface area contributed by atoms with E-state index >= 15 is 0 Å². The third-order valence-corrected chi connectivity index (χ3v) is 5.07. The molecule has 1 aliphatic heterocycles. The Bertz CT molecular complexity index is 686. The van der Waals surface area contributed by atoms with Crippen LogP contribution < -0.4 is 5.32 Å². The second kappa shape index (κ2) is 10.0. The highest BCUT2D eigenvalue weighted by atomic mass is 16.2. The molecule has 0 unspecified atom stereocenters. The Morgan fingerprint density at radius 2 is 1.89 bits per heavy atom. The van der Waals surface area contributed by atoms with Crippen LogP contribution in [0.25, 0.3) is 0 Å². The summed E-state index contributed by atoms with van der Waals surface area (Å²) in [5, 5.41) is 3.12. The number of carbonyl (C=O) groups is 1. The monoisotopic (exact) mass is 367 g/mol. The highest BCUT2D eigenvalue weighted by Crippen LogP contribution is 2.23. The van der Waals surface area contributed by atoms with Crippen LogP contribution in [0.5, 0.6) is 0 Å². The molecule has 27 heavy (non-hydrogen) atoms. The van der Waals surface area contributed by atoms with Crippen LogP contribution >= 0.6 is 0 Å². The van der Waals surface area contributed by atoms with Crippen molar-refractivity contribution in [2.75, 3.05) is 26.7 Å². The first kappa shape index (κ1) is 19.3. The third-order valence-electron chi connectivity index (χ3n) is 5.07. The Morgan fingerprint density at radius 3 is 2.56 bits per heavy atom. The molecule has 2 amide bonds. The summed E-state index contributed by atoms with van der Waals surface area (Å²) < 4.78 is 0. The van der Waals surface area contributed by atoms with Crippen molar-refractivity contribution in [1.29, 1.82) is 0 Å². The number of nitrogens with zero attached hydrogens (tertiary/aromatic N) is 4. The molecule has 0 radical (unpaired) electrons. The van der Waals surface area contributed by atoms with E-state index in [-0.39, 0.29) is 12.1 Å². The van der Waals surface area contributed by atoms with Gasteiger partial charge >= 0.3 is 6.03 Å². The fourth-order valence-corrected chi connectivity index (χ4v) is 3.59. The van der Waals surface area contributed by atoms with Crippen LogP contribution in [-0.4, -0.2) is 52.5 Å². The second-order valence-corrected chi connectivity index (χ2v) is 7.12. The van der Waals surface area contributed by atoms with Gasteiger partial charge in [0, 0.05) is 26.0 Å². The number of likely N-dealkylation sites (tertiary alicyclic amines) is 1. The number of urea groups is 1.